The number of benzene rings is 1. The Morgan fingerprint density at radius 3 is 2.56 bits per heavy atom. The van der Waals surface area contributed by atoms with Gasteiger partial charge in [0.05, 0.1) is 29.5 Å². The van der Waals surface area contributed by atoms with Crippen molar-refractivity contribution in [3.05, 3.63) is 78.3 Å². The van der Waals surface area contributed by atoms with Crippen molar-refractivity contribution < 1.29 is 24.2 Å². The number of amides is 1. The second kappa shape index (κ2) is 11.6. The van der Waals surface area contributed by atoms with Gasteiger partial charge in [0, 0.05) is 6.20 Å². The van der Waals surface area contributed by atoms with Crippen LogP contribution in [-0.4, -0.2) is 58.6 Å². The zero-order chi connectivity index (χ0) is 24.7. The highest BCUT2D eigenvalue weighted by Crippen LogP contribution is 2.18. The van der Waals surface area contributed by atoms with Crippen LogP contribution in [0.5, 0.6) is 0 Å². The molecule has 5 unspecified atom stereocenters. The molecule has 8 nitrogen and oxygen atoms in total. The van der Waals surface area contributed by atoms with Gasteiger partial charge in [-0.05, 0) is 44.9 Å². The minimum absolute atomic E-state index is 0.180. The van der Waals surface area contributed by atoms with Gasteiger partial charge in [0.15, 0.2) is 6.04 Å². The standard InChI is InChI=1S/C26H31N3O5/c1-16-15-33-26(32)17(2)24(30)22(14-20-10-6-5-7-11-20)29-25(31)23(19(4)34-16)28-18(3)21-12-8-9-13-27-21/h5-13,17,19,22-24,30H,1,14-15H2,2-4H3,(H,29,31). The first kappa shape index (κ1) is 25.1. The molecule has 34 heavy (non-hydrogen) atoms. The number of aliphatic hydroxyl groups excluding tert-OH is 1. The quantitative estimate of drug-likeness (QED) is 0.530. The number of hydrogen-bond donors (Lipinski definition) is 2. The van der Waals surface area contributed by atoms with Gasteiger partial charge in [-0.15, -0.1) is 0 Å². The molecule has 2 N–H and O–H groups in total. The van der Waals surface area contributed by atoms with E-state index in [0.717, 1.165) is 5.56 Å². The van der Waals surface area contributed by atoms with Crippen molar-refractivity contribution in [2.24, 2.45) is 10.9 Å². The Labute approximate surface area is 199 Å². The van der Waals surface area contributed by atoms with Crippen LogP contribution in [0.4, 0.5) is 0 Å². The number of aromatic nitrogens is 1. The molecule has 0 spiro atoms. The summed E-state index contributed by atoms with van der Waals surface area (Å²) < 4.78 is 11.1. The van der Waals surface area contributed by atoms with Gasteiger partial charge in [-0.2, -0.15) is 0 Å². The molecule has 1 amide bonds. The van der Waals surface area contributed by atoms with E-state index < -0.39 is 42.1 Å². The monoisotopic (exact) mass is 465 g/mol. The van der Waals surface area contributed by atoms with Crippen molar-refractivity contribution in [1.29, 1.82) is 0 Å². The summed E-state index contributed by atoms with van der Waals surface area (Å²) in [5, 5.41) is 13.9. The van der Waals surface area contributed by atoms with Crippen molar-refractivity contribution in [1.82, 2.24) is 10.3 Å². The van der Waals surface area contributed by atoms with Gasteiger partial charge in [-0.25, -0.2) is 0 Å². The summed E-state index contributed by atoms with van der Waals surface area (Å²) in [6, 6.07) is 13.2. The summed E-state index contributed by atoms with van der Waals surface area (Å²) >= 11 is 0. The van der Waals surface area contributed by atoms with Gasteiger partial charge in [0.1, 0.15) is 18.5 Å². The summed E-state index contributed by atoms with van der Waals surface area (Å²) in [5.74, 6) is -1.72. The molecule has 0 aliphatic carbocycles. The van der Waals surface area contributed by atoms with Crippen LogP contribution in [0.1, 0.15) is 32.0 Å². The van der Waals surface area contributed by atoms with Crippen LogP contribution in [-0.2, 0) is 25.5 Å². The third-order valence-corrected chi connectivity index (χ3v) is 5.73. The number of nitrogens with zero attached hydrogens (tertiary/aromatic N) is 2. The molecular formula is C26H31N3O5. The van der Waals surface area contributed by atoms with E-state index in [1.54, 1.807) is 39.1 Å². The zero-order valence-corrected chi connectivity index (χ0v) is 19.7. The van der Waals surface area contributed by atoms with E-state index in [9.17, 15) is 14.7 Å². The van der Waals surface area contributed by atoms with Crippen molar-refractivity contribution in [3.8, 4) is 0 Å². The van der Waals surface area contributed by atoms with E-state index in [1.165, 1.54) is 0 Å². The molecule has 8 heteroatoms. The summed E-state index contributed by atoms with van der Waals surface area (Å²) in [6.45, 7) is 8.64. The van der Waals surface area contributed by atoms with Gasteiger partial charge >= 0.3 is 5.97 Å². The van der Waals surface area contributed by atoms with Crippen molar-refractivity contribution in [2.75, 3.05) is 6.61 Å². The van der Waals surface area contributed by atoms with E-state index in [1.807, 2.05) is 36.4 Å². The maximum Gasteiger partial charge on any atom is 0.311 e. The lowest BCUT2D eigenvalue weighted by atomic mass is 9.92. The number of ether oxygens (including phenoxy) is 2. The van der Waals surface area contributed by atoms with Crippen LogP contribution in [0.3, 0.4) is 0 Å². The van der Waals surface area contributed by atoms with E-state index >= 15 is 0 Å². The number of nitrogens with one attached hydrogen (secondary N) is 1. The van der Waals surface area contributed by atoms with E-state index in [4.69, 9.17) is 9.47 Å². The molecule has 5 atom stereocenters. The van der Waals surface area contributed by atoms with Gasteiger partial charge in [-0.3, -0.25) is 19.6 Å². The molecule has 0 radical (unpaired) electrons. The third-order valence-electron chi connectivity index (χ3n) is 5.73. The normalized spacial score (nSPS) is 27.0. The number of esters is 1. The van der Waals surface area contributed by atoms with Crippen molar-refractivity contribution in [3.63, 3.8) is 0 Å². The minimum atomic E-state index is -1.18. The molecule has 0 saturated carbocycles. The molecular weight excluding hydrogens is 434 g/mol. The Balaban J connectivity index is 1.95. The molecule has 1 fully saturated rings. The fourth-order valence-electron chi connectivity index (χ4n) is 3.75. The number of hydrogen-bond acceptors (Lipinski definition) is 7. The van der Waals surface area contributed by atoms with Crippen molar-refractivity contribution in [2.45, 2.75) is 51.5 Å². The molecule has 1 aliphatic rings. The van der Waals surface area contributed by atoms with Gasteiger partial charge in [0.2, 0.25) is 5.91 Å². The Morgan fingerprint density at radius 2 is 1.88 bits per heavy atom. The number of carbonyl (C=O) groups excluding carboxylic acids is 2. The second-order valence-electron chi connectivity index (χ2n) is 8.43. The SMILES string of the molecule is C=C1COC(=O)C(C)C(O)C(Cc2ccccc2)NC(=O)C(N=C(C)c2ccccn2)C(C)O1. The Kier molecular flexibility index (Phi) is 8.54. The Hall–Kier alpha value is -3.52. The molecule has 1 saturated heterocycles. The van der Waals surface area contributed by atoms with Crippen LogP contribution in [0.25, 0.3) is 0 Å². The van der Waals surface area contributed by atoms with E-state index in [2.05, 4.69) is 21.9 Å². The zero-order valence-electron chi connectivity index (χ0n) is 19.7. The molecule has 1 aromatic carbocycles. The van der Waals surface area contributed by atoms with Gasteiger partial charge < -0.3 is 19.9 Å². The Morgan fingerprint density at radius 1 is 1.18 bits per heavy atom. The lowest BCUT2D eigenvalue weighted by molar-refractivity contribution is -0.154. The number of aliphatic hydroxyl groups is 1. The summed E-state index contributed by atoms with van der Waals surface area (Å²) in [7, 11) is 0. The number of carbonyl (C=O) groups is 2. The summed E-state index contributed by atoms with van der Waals surface area (Å²) in [6.07, 6.45) is 0.0839. The predicted molar refractivity (Wildman–Crippen MR) is 128 cm³/mol. The first-order chi connectivity index (χ1) is 16.3. The predicted octanol–water partition coefficient (Wildman–Crippen LogP) is 2.46. The smallest absolute Gasteiger partial charge is 0.311 e. The van der Waals surface area contributed by atoms with Crippen LogP contribution in [0, 0.1) is 5.92 Å². The Bertz CT molecular complexity index is 1030. The highest BCUT2D eigenvalue weighted by molar-refractivity contribution is 5.99. The van der Waals surface area contributed by atoms with Crippen LogP contribution in [0.15, 0.2) is 72.1 Å². The second-order valence-corrected chi connectivity index (χ2v) is 8.43. The fraction of sp³-hybridized carbons (Fsp3) is 0.385. The summed E-state index contributed by atoms with van der Waals surface area (Å²) in [5.41, 5.74) is 2.10. The average molecular weight is 466 g/mol. The van der Waals surface area contributed by atoms with Gasteiger partial charge in [0.25, 0.3) is 0 Å². The number of cyclic esters (lactones) is 1. The van der Waals surface area contributed by atoms with E-state index in [-0.39, 0.29) is 12.4 Å². The summed E-state index contributed by atoms with van der Waals surface area (Å²) in [4.78, 5) is 34.9. The van der Waals surface area contributed by atoms with Crippen LogP contribution in [0.2, 0.25) is 0 Å². The highest BCUT2D eigenvalue weighted by Gasteiger charge is 2.36. The fourth-order valence-corrected chi connectivity index (χ4v) is 3.75. The molecule has 3 rings (SSSR count). The van der Waals surface area contributed by atoms with Crippen molar-refractivity contribution >= 4 is 17.6 Å². The molecule has 2 heterocycles. The largest absolute Gasteiger partial charge is 0.489 e. The lowest BCUT2D eigenvalue weighted by Crippen LogP contribution is -2.53. The van der Waals surface area contributed by atoms with Gasteiger partial charge in [-0.1, -0.05) is 43.0 Å². The lowest BCUT2D eigenvalue weighted by Gasteiger charge is -2.31. The number of pyridine rings is 1. The number of rotatable bonds is 4. The molecule has 0 bridgehead atoms. The first-order valence-electron chi connectivity index (χ1n) is 11.3. The molecule has 1 aromatic heterocycles. The average Bonchev–Trinajstić information content (AvgIpc) is 2.84. The number of aliphatic imine (C=N–C) groups is 1. The van der Waals surface area contributed by atoms with E-state index in [0.29, 0.717) is 17.8 Å². The maximum atomic E-state index is 13.5. The molecule has 2 aromatic rings. The van der Waals surface area contributed by atoms with Crippen LogP contribution >= 0.6 is 0 Å². The maximum absolute atomic E-state index is 13.5. The minimum Gasteiger partial charge on any atom is -0.489 e. The first-order valence-corrected chi connectivity index (χ1v) is 11.3. The molecule has 1 aliphatic heterocycles. The third kappa shape index (κ3) is 6.51. The molecule has 180 valence electrons. The van der Waals surface area contributed by atoms with Crippen LogP contribution < -0.4 is 5.32 Å². The highest BCUT2D eigenvalue weighted by atomic mass is 16.6. The topological polar surface area (TPSA) is 110 Å².